The highest BCUT2D eigenvalue weighted by molar-refractivity contribution is 5.73. The molecule has 0 spiro atoms. The van der Waals surface area contributed by atoms with Gasteiger partial charge in [-0.15, -0.1) is 0 Å². The number of rotatable bonds is 5. The van der Waals surface area contributed by atoms with Crippen LogP contribution in [-0.2, 0) is 23.7 Å². The van der Waals surface area contributed by atoms with Crippen molar-refractivity contribution in [2.45, 2.75) is 37.6 Å². The van der Waals surface area contributed by atoms with Crippen LogP contribution in [0.1, 0.15) is 6.92 Å². The summed E-state index contributed by atoms with van der Waals surface area (Å²) < 4.78 is 20.9. The maximum absolute atomic E-state index is 11.2. The fourth-order valence-corrected chi connectivity index (χ4v) is 2.09. The number of aliphatic hydroxyl groups is 1. The van der Waals surface area contributed by atoms with Crippen LogP contribution >= 0.6 is 0 Å². The lowest BCUT2D eigenvalue weighted by Crippen LogP contribution is -2.65. The van der Waals surface area contributed by atoms with E-state index in [-0.39, 0.29) is 12.5 Å². The number of carbonyl (C=O) groups excluding carboxylic acids is 1. The lowest BCUT2D eigenvalue weighted by molar-refractivity contribution is -0.267. The molecule has 0 unspecified atom stereocenters. The van der Waals surface area contributed by atoms with Crippen molar-refractivity contribution < 1.29 is 28.8 Å². The molecule has 7 nitrogen and oxygen atoms in total. The Kier molecular flexibility index (Phi) is 5.97. The number of carbonyl (C=O) groups is 1. The number of ether oxygens (including phenoxy) is 4. The summed E-state index contributed by atoms with van der Waals surface area (Å²) in [6, 6.07) is -0.569. The summed E-state index contributed by atoms with van der Waals surface area (Å²) >= 11 is 0. The first-order valence-electron chi connectivity index (χ1n) is 5.70. The number of hydrogen-bond acceptors (Lipinski definition) is 6. The zero-order chi connectivity index (χ0) is 13.7. The molecule has 106 valence electrons. The van der Waals surface area contributed by atoms with E-state index in [1.807, 2.05) is 0 Å². The van der Waals surface area contributed by atoms with Crippen LogP contribution in [0.2, 0.25) is 0 Å². The average molecular weight is 263 g/mol. The summed E-state index contributed by atoms with van der Waals surface area (Å²) in [6.45, 7) is 1.60. The van der Waals surface area contributed by atoms with E-state index >= 15 is 0 Å². The Balaban J connectivity index is 2.84. The molecule has 7 heteroatoms. The van der Waals surface area contributed by atoms with Gasteiger partial charge in [0, 0.05) is 28.3 Å². The molecule has 0 saturated carbocycles. The Morgan fingerprint density at radius 2 is 2.00 bits per heavy atom. The quantitative estimate of drug-likeness (QED) is 0.654. The van der Waals surface area contributed by atoms with Gasteiger partial charge in [0.15, 0.2) is 6.29 Å². The zero-order valence-corrected chi connectivity index (χ0v) is 11.1. The van der Waals surface area contributed by atoms with Gasteiger partial charge in [-0.1, -0.05) is 0 Å². The van der Waals surface area contributed by atoms with E-state index in [9.17, 15) is 9.90 Å². The van der Waals surface area contributed by atoms with Crippen LogP contribution < -0.4 is 5.32 Å². The minimum Gasteiger partial charge on any atom is -0.388 e. The van der Waals surface area contributed by atoms with E-state index in [2.05, 4.69) is 5.32 Å². The van der Waals surface area contributed by atoms with E-state index in [0.717, 1.165) is 0 Å². The maximum atomic E-state index is 11.2. The van der Waals surface area contributed by atoms with Crippen molar-refractivity contribution in [1.82, 2.24) is 5.32 Å². The number of nitrogens with one attached hydrogen (secondary N) is 1. The number of amides is 1. The van der Waals surface area contributed by atoms with Crippen LogP contribution in [0, 0.1) is 0 Å². The van der Waals surface area contributed by atoms with Crippen LogP contribution in [0.3, 0.4) is 0 Å². The van der Waals surface area contributed by atoms with Gasteiger partial charge in [-0.05, 0) is 0 Å². The molecule has 0 aromatic heterocycles. The summed E-state index contributed by atoms with van der Waals surface area (Å²) in [4.78, 5) is 11.2. The molecule has 1 aliphatic rings. The van der Waals surface area contributed by atoms with Gasteiger partial charge in [-0.25, -0.2) is 0 Å². The molecule has 1 saturated heterocycles. The fraction of sp³-hybridized carbons (Fsp3) is 0.909. The Morgan fingerprint density at radius 1 is 1.33 bits per heavy atom. The molecule has 0 radical (unpaired) electrons. The van der Waals surface area contributed by atoms with Gasteiger partial charge in [-0.3, -0.25) is 4.79 Å². The summed E-state index contributed by atoms with van der Waals surface area (Å²) in [6.07, 6.45) is -2.77. The molecule has 1 amide bonds. The maximum Gasteiger partial charge on any atom is 0.217 e. The van der Waals surface area contributed by atoms with Gasteiger partial charge in [0.1, 0.15) is 24.4 Å². The van der Waals surface area contributed by atoms with Crippen LogP contribution in [0.5, 0.6) is 0 Å². The minimum atomic E-state index is -0.904. The predicted molar refractivity (Wildman–Crippen MR) is 62.0 cm³/mol. The molecule has 1 rings (SSSR count). The Morgan fingerprint density at radius 3 is 2.44 bits per heavy atom. The second-order valence-corrected chi connectivity index (χ2v) is 4.15. The monoisotopic (exact) mass is 263 g/mol. The van der Waals surface area contributed by atoms with E-state index in [0.29, 0.717) is 0 Å². The third-order valence-electron chi connectivity index (χ3n) is 2.88. The van der Waals surface area contributed by atoms with Crippen molar-refractivity contribution in [3.05, 3.63) is 0 Å². The van der Waals surface area contributed by atoms with Crippen molar-refractivity contribution in [2.24, 2.45) is 0 Å². The third kappa shape index (κ3) is 3.39. The lowest BCUT2D eigenvalue weighted by Gasteiger charge is -2.43. The summed E-state index contributed by atoms with van der Waals surface area (Å²) in [5.74, 6) is -0.245. The lowest BCUT2D eigenvalue weighted by atomic mass is 9.96. The van der Waals surface area contributed by atoms with Crippen LogP contribution in [0.25, 0.3) is 0 Å². The first kappa shape index (κ1) is 15.3. The van der Waals surface area contributed by atoms with Crippen LogP contribution in [0.4, 0.5) is 0 Å². The van der Waals surface area contributed by atoms with Crippen LogP contribution in [0.15, 0.2) is 0 Å². The summed E-state index contributed by atoms with van der Waals surface area (Å²) in [5.41, 5.74) is 0. The topological polar surface area (TPSA) is 86.2 Å². The van der Waals surface area contributed by atoms with E-state index < -0.39 is 30.6 Å². The first-order valence-corrected chi connectivity index (χ1v) is 5.70. The third-order valence-corrected chi connectivity index (χ3v) is 2.88. The van der Waals surface area contributed by atoms with Crippen molar-refractivity contribution in [2.75, 3.05) is 27.9 Å². The van der Waals surface area contributed by atoms with E-state index in [4.69, 9.17) is 18.9 Å². The van der Waals surface area contributed by atoms with Gasteiger partial charge in [-0.2, -0.15) is 0 Å². The SMILES string of the molecule is COC[C@H]1O[C@H](OC)[C@H](NC(C)=O)[C@@H](OC)[C@@H]1O. The zero-order valence-electron chi connectivity index (χ0n) is 11.1. The molecular formula is C11H21NO6. The highest BCUT2D eigenvalue weighted by Crippen LogP contribution is 2.24. The minimum absolute atomic E-state index is 0.216. The van der Waals surface area contributed by atoms with Crippen LogP contribution in [-0.4, -0.2) is 69.6 Å². The van der Waals surface area contributed by atoms with Gasteiger partial charge >= 0.3 is 0 Å². The normalized spacial score (nSPS) is 36.4. The van der Waals surface area contributed by atoms with E-state index in [1.165, 1.54) is 28.3 Å². The molecule has 1 fully saturated rings. The van der Waals surface area contributed by atoms with Gasteiger partial charge < -0.3 is 29.4 Å². The van der Waals surface area contributed by atoms with Crippen molar-refractivity contribution in [3.8, 4) is 0 Å². The smallest absolute Gasteiger partial charge is 0.217 e. The molecular weight excluding hydrogens is 242 g/mol. The highest BCUT2D eigenvalue weighted by atomic mass is 16.7. The van der Waals surface area contributed by atoms with Gasteiger partial charge in [0.05, 0.1) is 6.61 Å². The largest absolute Gasteiger partial charge is 0.388 e. The second-order valence-electron chi connectivity index (χ2n) is 4.15. The molecule has 0 bridgehead atoms. The standard InChI is InChI=1S/C11H21NO6/c1-6(13)12-8-10(16-3)9(14)7(5-15-2)18-11(8)17-4/h7-11,14H,5H2,1-4H3,(H,12,13)/t7-,8-,9-,10-,11+/m1/s1. The first-order chi connectivity index (χ1) is 8.54. The Bertz CT molecular complexity index is 274. The fourth-order valence-electron chi connectivity index (χ4n) is 2.09. The molecule has 2 N–H and O–H groups in total. The average Bonchev–Trinajstić information content (AvgIpc) is 2.32. The molecule has 0 aliphatic carbocycles. The molecule has 5 atom stereocenters. The highest BCUT2D eigenvalue weighted by Gasteiger charge is 2.46. The number of methoxy groups -OCH3 is 3. The number of aliphatic hydroxyl groups excluding tert-OH is 1. The molecule has 18 heavy (non-hydrogen) atoms. The van der Waals surface area contributed by atoms with Gasteiger partial charge in [0.2, 0.25) is 5.91 Å². The van der Waals surface area contributed by atoms with E-state index in [1.54, 1.807) is 0 Å². The molecule has 0 aromatic rings. The Labute approximate surface area is 106 Å². The Hall–Kier alpha value is -0.730. The summed E-state index contributed by atoms with van der Waals surface area (Å²) in [7, 11) is 4.44. The van der Waals surface area contributed by atoms with Crippen molar-refractivity contribution in [3.63, 3.8) is 0 Å². The molecule has 1 heterocycles. The summed E-state index contributed by atoms with van der Waals surface area (Å²) in [5, 5.41) is 12.8. The van der Waals surface area contributed by atoms with Gasteiger partial charge in [0.25, 0.3) is 0 Å². The molecule has 0 aromatic carbocycles. The molecule has 1 aliphatic heterocycles. The second kappa shape index (κ2) is 7.01. The van der Waals surface area contributed by atoms with Crippen molar-refractivity contribution >= 4 is 5.91 Å². The number of hydrogen-bond donors (Lipinski definition) is 2. The van der Waals surface area contributed by atoms with Crippen molar-refractivity contribution in [1.29, 1.82) is 0 Å². The predicted octanol–water partition coefficient (Wildman–Crippen LogP) is -1.12.